The van der Waals surface area contributed by atoms with Crippen LogP contribution in [0.25, 0.3) is 231 Å². The summed E-state index contributed by atoms with van der Waals surface area (Å²) < 4.78 is 22.8. The first kappa shape index (κ1) is 57.2. The van der Waals surface area contributed by atoms with Gasteiger partial charge in [-0.3, -0.25) is 9.13 Å². The van der Waals surface area contributed by atoms with Crippen LogP contribution in [0.2, 0.25) is 0 Å². The molecule has 0 fully saturated rings. The summed E-state index contributed by atoms with van der Waals surface area (Å²) in [6.45, 7) is 0. The molecule has 0 radical (unpaired) electrons. The smallest absolute Gasteiger partial charge is 0.235 e. The SMILES string of the molecule is c1ccc(-c2nc(-n3c4ccccc4c4ccc5c(c6ccc7oc8ccccc8c7c6n5-c5ccccc5)c43)nc3c2ccc2c(-c4ccc5cc(-c6nc(-n7c8ccc9c%10ccccc%10n(-c%10ccccc%10)c9c8c8ccc9oc%10ccccc%10c9c87)nc7ccccc67)ccc5c4)cccc23)cc1. The summed E-state index contributed by atoms with van der Waals surface area (Å²) in [7, 11) is 0. The molecule has 0 saturated heterocycles. The molecule has 0 bridgehead atoms. The Kier molecular flexibility index (Phi) is 11.6. The van der Waals surface area contributed by atoms with Gasteiger partial charge < -0.3 is 18.0 Å². The van der Waals surface area contributed by atoms with E-state index in [2.05, 4.69) is 334 Å². The minimum Gasteiger partial charge on any atom is -0.456 e. The molecular weight excluding hydrogens is 1300 g/mol. The monoisotopic (exact) mass is 1350 g/mol. The maximum absolute atomic E-state index is 6.69. The Bertz CT molecular complexity index is 7950. The fourth-order valence-electron chi connectivity index (χ4n) is 17.9. The number of benzene rings is 16. The first-order valence-electron chi connectivity index (χ1n) is 35.9. The number of hydrogen-bond acceptors (Lipinski definition) is 6. The second-order valence-corrected chi connectivity index (χ2v) is 27.9. The van der Waals surface area contributed by atoms with Crippen molar-refractivity contribution in [1.29, 1.82) is 0 Å². The number of fused-ring (bicyclic) bond motifs is 27. The molecule has 490 valence electrons. The van der Waals surface area contributed by atoms with Gasteiger partial charge in [-0.2, -0.15) is 0 Å². The van der Waals surface area contributed by atoms with E-state index in [4.69, 9.17) is 28.8 Å². The van der Waals surface area contributed by atoms with Crippen molar-refractivity contribution in [2.45, 2.75) is 0 Å². The fourth-order valence-corrected chi connectivity index (χ4v) is 17.9. The maximum atomic E-state index is 6.69. The molecule has 0 spiro atoms. The summed E-state index contributed by atoms with van der Waals surface area (Å²) in [4.78, 5) is 22.8. The Labute approximate surface area is 602 Å². The van der Waals surface area contributed by atoms with Gasteiger partial charge in [0, 0.05) is 92.5 Å². The average Bonchev–Trinajstić information content (AvgIpc) is 1.53. The van der Waals surface area contributed by atoms with Gasteiger partial charge >= 0.3 is 0 Å². The third kappa shape index (κ3) is 7.92. The van der Waals surface area contributed by atoms with Gasteiger partial charge in [0.2, 0.25) is 11.9 Å². The molecule has 0 saturated carbocycles. The van der Waals surface area contributed by atoms with E-state index < -0.39 is 0 Å². The molecular formula is C96H54N8O2. The van der Waals surface area contributed by atoms with Crippen LogP contribution in [0, 0.1) is 0 Å². The highest BCUT2D eigenvalue weighted by atomic mass is 16.3. The van der Waals surface area contributed by atoms with Gasteiger partial charge in [-0.15, -0.1) is 0 Å². The molecule has 106 heavy (non-hydrogen) atoms. The summed E-state index contributed by atoms with van der Waals surface area (Å²) >= 11 is 0. The third-order valence-electron chi connectivity index (χ3n) is 22.3. The molecule has 0 aliphatic heterocycles. The van der Waals surface area contributed by atoms with Gasteiger partial charge in [0.1, 0.15) is 22.3 Å². The first-order valence-corrected chi connectivity index (χ1v) is 35.9. The van der Waals surface area contributed by atoms with E-state index in [1.807, 2.05) is 12.1 Å². The zero-order valence-corrected chi connectivity index (χ0v) is 56.6. The minimum absolute atomic E-state index is 0.574. The molecule has 0 unspecified atom stereocenters. The van der Waals surface area contributed by atoms with Gasteiger partial charge in [0.05, 0.1) is 77.3 Å². The van der Waals surface area contributed by atoms with Gasteiger partial charge in [-0.1, -0.05) is 218 Å². The van der Waals surface area contributed by atoms with Crippen LogP contribution in [0.15, 0.2) is 336 Å². The number of furan rings is 2. The Hall–Kier alpha value is -14.5. The number of aromatic nitrogens is 8. The number of para-hydroxylation sites is 7. The first-order chi connectivity index (χ1) is 52.6. The highest BCUT2D eigenvalue weighted by Crippen LogP contribution is 2.50. The normalized spacial score (nSPS) is 12.3. The van der Waals surface area contributed by atoms with Crippen molar-refractivity contribution in [3.63, 3.8) is 0 Å². The molecule has 24 rings (SSSR count). The van der Waals surface area contributed by atoms with Gasteiger partial charge in [0.15, 0.2) is 0 Å². The predicted molar refractivity (Wildman–Crippen MR) is 436 cm³/mol. The Morgan fingerprint density at radius 1 is 0.226 bits per heavy atom. The lowest BCUT2D eigenvalue weighted by molar-refractivity contribution is 0.669. The van der Waals surface area contributed by atoms with Crippen molar-refractivity contribution in [3.8, 4) is 56.9 Å². The van der Waals surface area contributed by atoms with Crippen LogP contribution >= 0.6 is 0 Å². The van der Waals surface area contributed by atoms with Crippen LogP contribution in [0.3, 0.4) is 0 Å². The maximum Gasteiger partial charge on any atom is 0.235 e. The minimum atomic E-state index is 0.574. The van der Waals surface area contributed by atoms with Crippen LogP contribution in [0.4, 0.5) is 0 Å². The standard InChI is InChI=1S/C96H54N8O2/c1-4-21-55(22-5-1)88-74-44-43-63-62(32-20-33-66(63)90(74)100-96(98-88)103-77-36-17-12-28-65(77)68-45-49-78-84(92(68)103)72-47-51-82-86(70-30-13-18-37-80(70)105-82)93(72)102(78)61-25-8-3-9-26-61)58-41-39-57-54-59(42-40-56(57)53-58)89-69-29-10-15-34-75(69)97-95(99-89)104-79-50-46-67-64-27-11-16-35-76(64)101(60-23-6-2-7-24-60)91(67)85(79)73-48-52-83-87(94(73)104)71-31-14-19-38-81(71)106-83/h1-54H. The largest absolute Gasteiger partial charge is 0.456 e. The van der Waals surface area contributed by atoms with Crippen LogP contribution in [0.1, 0.15) is 0 Å². The molecule has 8 heterocycles. The molecule has 16 aromatic carbocycles. The van der Waals surface area contributed by atoms with Crippen LogP contribution < -0.4 is 0 Å². The van der Waals surface area contributed by atoms with Gasteiger partial charge in [-0.25, -0.2) is 19.9 Å². The van der Waals surface area contributed by atoms with Crippen molar-refractivity contribution < 1.29 is 8.83 Å². The number of nitrogens with zero attached hydrogens (tertiary/aromatic N) is 8. The van der Waals surface area contributed by atoms with Crippen LogP contribution in [-0.2, 0) is 0 Å². The van der Waals surface area contributed by atoms with Crippen molar-refractivity contribution in [2.75, 3.05) is 0 Å². The van der Waals surface area contributed by atoms with Crippen molar-refractivity contribution in [2.24, 2.45) is 0 Å². The lowest BCUT2D eigenvalue weighted by atomic mass is 9.93. The lowest BCUT2D eigenvalue weighted by Gasteiger charge is -2.15. The molecule has 0 N–H and O–H groups in total. The van der Waals surface area contributed by atoms with E-state index in [1.54, 1.807) is 0 Å². The Morgan fingerprint density at radius 2 is 0.670 bits per heavy atom. The van der Waals surface area contributed by atoms with Crippen LogP contribution in [-0.4, -0.2) is 38.2 Å². The van der Waals surface area contributed by atoms with Gasteiger partial charge in [-0.05, 0) is 136 Å². The summed E-state index contributed by atoms with van der Waals surface area (Å²) in [6.07, 6.45) is 0. The van der Waals surface area contributed by atoms with E-state index in [0.717, 1.165) is 209 Å². The number of hydrogen-bond donors (Lipinski definition) is 0. The van der Waals surface area contributed by atoms with E-state index >= 15 is 0 Å². The second kappa shape index (κ2) is 21.5. The third-order valence-corrected chi connectivity index (χ3v) is 22.3. The zero-order valence-electron chi connectivity index (χ0n) is 56.6. The van der Waals surface area contributed by atoms with Crippen molar-refractivity contribution in [3.05, 3.63) is 328 Å². The highest BCUT2D eigenvalue weighted by molar-refractivity contribution is 6.33. The van der Waals surface area contributed by atoms with Crippen LogP contribution in [0.5, 0.6) is 0 Å². The van der Waals surface area contributed by atoms with E-state index in [-0.39, 0.29) is 0 Å². The van der Waals surface area contributed by atoms with Gasteiger partial charge in [0.25, 0.3) is 0 Å². The highest BCUT2D eigenvalue weighted by Gasteiger charge is 2.29. The van der Waals surface area contributed by atoms with Crippen molar-refractivity contribution >= 4 is 174 Å². The van der Waals surface area contributed by atoms with E-state index in [9.17, 15) is 0 Å². The van der Waals surface area contributed by atoms with Crippen molar-refractivity contribution in [1.82, 2.24) is 38.2 Å². The zero-order chi connectivity index (χ0) is 69.0. The molecule has 0 amide bonds. The molecule has 24 aromatic rings. The molecule has 0 aliphatic rings. The molecule has 0 atom stereocenters. The molecule has 10 heteroatoms. The predicted octanol–water partition coefficient (Wildman–Crippen LogP) is 25.1. The summed E-state index contributed by atoms with van der Waals surface area (Å²) in [6, 6.07) is 117. The molecule has 10 nitrogen and oxygen atoms in total. The lowest BCUT2D eigenvalue weighted by Crippen LogP contribution is -2.04. The topological polar surface area (TPSA) is 97.6 Å². The Morgan fingerprint density at radius 3 is 1.32 bits per heavy atom. The summed E-state index contributed by atoms with van der Waals surface area (Å²) in [5.41, 5.74) is 21.6. The van der Waals surface area contributed by atoms with E-state index in [0.29, 0.717) is 11.9 Å². The Balaban J connectivity index is 0.688. The number of rotatable bonds is 7. The molecule has 8 aromatic heterocycles. The fraction of sp³-hybridized carbons (Fsp3) is 0. The second-order valence-electron chi connectivity index (χ2n) is 27.9. The summed E-state index contributed by atoms with van der Waals surface area (Å²) in [5, 5.41) is 19.5. The average molecular weight is 1350 g/mol. The summed E-state index contributed by atoms with van der Waals surface area (Å²) in [5.74, 6) is 1.16. The quantitative estimate of drug-likeness (QED) is 0.148. The molecule has 0 aliphatic carbocycles. The van der Waals surface area contributed by atoms with E-state index in [1.165, 1.54) is 10.8 Å².